The third-order valence-electron chi connectivity index (χ3n) is 4.56. The number of hydrogen-bond donors (Lipinski definition) is 3. The van der Waals surface area contributed by atoms with Crippen molar-refractivity contribution >= 4 is 5.91 Å². The number of rotatable bonds is 5. The van der Waals surface area contributed by atoms with E-state index in [0.717, 1.165) is 5.56 Å². The Morgan fingerprint density at radius 3 is 2.74 bits per heavy atom. The van der Waals surface area contributed by atoms with E-state index in [1.807, 2.05) is 30.3 Å². The van der Waals surface area contributed by atoms with Gasteiger partial charge < -0.3 is 9.84 Å². The first-order valence-electron chi connectivity index (χ1n) is 8.75. The summed E-state index contributed by atoms with van der Waals surface area (Å²) in [6, 6.07) is 17.3. The second-order valence-corrected chi connectivity index (χ2v) is 6.42. The van der Waals surface area contributed by atoms with Crippen molar-refractivity contribution in [3.05, 3.63) is 77.7 Å². The maximum atomic E-state index is 13.9. The fraction of sp³-hybridized carbons (Fsp3) is 0.200. The van der Waals surface area contributed by atoms with Gasteiger partial charge in [0.25, 0.3) is 0 Å². The van der Waals surface area contributed by atoms with Crippen LogP contribution in [0.4, 0.5) is 4.39 Å². The maximum Gasteiger partial charge on any atom is 0.238 e. The van der Waals surface area contributed by atoms with Gasteiger partial charge in [-0.1, -0.05) is 53.7 Å². The molecule has 3 N–H and O–H groups in total. The van der Waals surface area contributed by atoms with Crippen molar-refractivity contribution in [2.45, 2.75) is 25.0 Å². The van der Waals surface area contributed by atoms with Crippen LogP contribution in [0.3, 0.4) is 0 Å². The van der Waals surface area contributed by atoms with Crippen LogP contribution in [0.15, 0.2) is 65.2 Å². The van der Waals surface area contributed by atoms with E-state index in [1.165, 1.54) is 6.07 Å². The molecule has 2 aromatic carbocycles. The predicted molar refractivity (Wildman–Crippen MR) is 97.6 cm³/mol. The first kappa shape index (κ1) is 17.4. The molecule has 0 bridgehead atoms. The van der Waals surface area contributed by atoms with Crippen molar-refractivity contribution in [2.24, 2.45) is 0 Å². The highest BCUT2D eigenvalue weighted by atomic mass is 19.1. The van der Waals surface area contributed by atoms with Gasteiger partial charge in [-0.25, -0.2) is 15.2 Å². The topological polar surface area (TPSA) is 79.2 Å². The highest BCUT2D eigenvalue weighted by Gasteiger charge is 2.31. The average molecular weight is 366 g/mol. The molecule has 1 aromatic heterocycles. The van der Waals surface area contributed by atoms with Gasteiger partial charge in [-0.2, -0.15) is 0 Å². The molecule has 0 saturated carbocycles. The van der Waals surface area contributed by atoms with Gasteiger partial charge >= 0.3 is 0 Å². The number of nitrogens with one attached hydrogen (secondary N) is 3. The molecule has 2 unspecified atom stereocenters. The van der Waals surface area contributed by atoms with Crippen LogP contribution >= 0.6 is 0 Å². The lowest BCUT2D eigenvalue weighted by Crippen LogP contribution is -2.42. The minimum absolute atomic E-state index is 0.175. The molecule has 7 heteroatoms. The van der Waals surface area contributed by atoms with Gasteiger partial charge in [0.05, 0.1) is 12.6 Å². The van der Waals surface area contributed by atoms with Gasteiger partial charge in [-0.15, -0.1) is 0 Å². The number of nitrogens with zero attached hydrogens (tertiary/aromatic N) is 1. The fourth-order valence-corrected chi connectivity index (χ4v) is 3.12. The number of amides is 1. The van der Waals surface area contributed by atoms with E-state index in [0.29, 0.717) is 23.4 Å². The van der Waals surface area contributed by atoms with Crippen molar-refractivity contribution in [2.75, 3.05) is 0 Å². The Kier molecular flexibility index (Phi) is 4.95. The number of aromatic nitrogens is 1. The number of hydrogen-bond acceptors (Lipinski definition) is 5. The Hall–Kier alpha value is -3.03. The normalized spacial score (nSPS) is 19.1. The van der Waals surface area contributed by atoms with Gasteiger partial charge in [-0.3, -0.25) is 4.79 Å². The second kappa shape index (κ2) is 7.69. The molecular formula is C20H19FN4O2. The lowest BCUT2D eigenvalue weighted by Gasteiger charge is -2.10. The molecule has 0 aliphatic carbocycles. The van der Waals surface area contributed by atoms with Crippen LogP contribution in [0.5, 0.6) is 0 Å². The summed E-state index contributed by atoms with van der Waals surface area (Å²) in [6.07, 6.45) is 0.459. The van der Waals surface area contributed by atoms with E-state index in [1.54, 1.807) is 24.3 Å². The minimum Gasteiger partial charge on any atom is -0.356 e. The van der Waals surface area contributed by atoms with E-state index < -0.39 is 6.04 Å². The largest absolute Gasteiger partial charge is 0.356 e. The molecule has 3 aromatic rings. The highest BCUT2D eigenvalue weighted by Crippen LogP contribution is 2.24. The van der Waals surface area contributed by atoms with Gasteiger partial charge in [0.1, 0.15) is 17.6 Å². The third kappa shape index (κ3) is 3.89. The molecule has 1 saturated heterocycles. The van der Waals surface area contributed by atoms with E-state index in [2.05, 4.69) is 21.3 Å². The fourth-order valence-electron chi connectivity index (χ4n) is 3.12. The van der Waals surface area contributed by atoms with Crippen LogP contribution in [0.1, 0.15) is 23.7 Å². The molecule has 2 heterocycles. The van der Waals surface area contributed by atoms with Gasteiger partial charge in [0.2, 0.25) is 5.91 Å². The lowest BCUT2D eigenvalue weighted by molar-refractivity contribution is -0.123. The molecule has 1 amide bonds. The van der Waals surface area contributed by atoms with E-state index >= 15 is 0 Å². The summed E-state index contributed by atoms with van der Waals surface area (Å²) in [5.74, 6) is 0.194. The van der Waals surface area contributed by atoms with E-state index in [9.17, 15) is 9.18 Å². The molecular weight excluding hydrogens is 347 g/mol. The summed E-state index contributed by atoms with van der Waals surface area (Å²) in [4.78, 5) is 12.4. The molecule has 0 radical (unpaired) electrons. The summed E-state index contributed by atoms with van der Waals surface area (Å²) in [6.45, 7) is 0.262. The van der Waals surface area contributed by atoms with Crippen LogP contribution in [0.25, 0.3) is 11.3 Å². The van der Waals surface area contributed by atoms with Gasteiger partial charge in [0.15, 0.2) is 5.76 Å². The average Bonchev–Trinajstić information content (AvgIpc) is 3.37. The second-order valence-electron chi connectivity index (χ2n) is 6.42. The third-order valence-corrected chi connectivity index (χ3v) is 4.56. The zero-order valence-corrected chi connectivity index (χ0v) is 14.5. The van der Waals surface area contributed by atoms with E-state index in [4.69, 9.17) is 4.52 Å². The molecule has 6 nitrogen and oxygen atoms in total. The quantitative estimate of drug-likeness (QED) is 0.647. The molecule has 4 rings (SSSR count). The van der Waals surface area contributed by atoms with Crippen molar-refractivity contribution in [1.82, 2.24) is 21.3 Å². The van der Waals surface area contributed by atoms with Crippen molar-refractivity contribution in [3.8, 4) is 11.3 Å². The number of halogens is 1. The summed E-state index contributed by atoms with van der Waals surface area (Å²) in [5.41, 5.74) is 8.02. The summed E-state index contributed by atoms with van der Waals surface area (Å²) in [7, 11) is 0. The molecule has 1 aliphatic heterocycles. The molecule has 2 atom stereocenters. The number of hydrazine groups is 1. The van der Waals surface area contributed by atoms with Crippen molar-refractivity contribution < 1.29 is 13.7 Å². The Morgan fingerprint density at radius 1 is 1.15 bits per heavy atom. The molecule has 1 fully saturated rings. The zero-order chi connectivity index (χ0) is 18.6. The standard InChI is InChI=1S/C20H19FN4O2/c21-16-9-5-4-8-15(16)17-11-18(24-23-17)20(26)22-12-14-10-19(27-25-14)13-6-2-1-3-7-13/h1-10,17-18,23-24H,11-12H2,(H,22,26). The molecule has 0 spiro atoms. The van der Waals surface area contributed by atoms with Crippen LogP contribution in [-0.4, -0.2) is 17.1 Å². The SMILES string of the molecule is O=C(NCc1cc(-c2ccccc2)on1)C1CC(c2ccccc2F)NN1. The maximum absolute atomic E-state index is 13.9. The number of carbonyl (C=O) groups excluding carboxylic acids is 1. The van der Waals surface area contributed by atoms with Crippen LogP contribution in [-0.2, 0) is 11.3 Å². The zero-order valence-electron chi connectivity index (χ0n) is 14.5. The van der Waals surface area contributed by atoms with Gasteiger partial charge in [0, 0.05) is 17.2 Å². The van der Waals surface area contributed by atoms with Gasteiger partial charge in [-0.05, 0) is 12.5 Å². The number of benzene rings is 2. The van der Waals surface area contributed by atoms with Crippen LogP contribution < -0.4 is 16.2 Å². The summed E-state index contributed by atoms with van der Waals surface area (Å²) >= 11 is 0. The van der Waals surface area contributed by atoms with Crippen molar-refractivity contribution in [3.63, 3.8) is 0 Å². The Balaban J connectivity index is 1.33. The lowest BCUT2D eigenvalue weighted by atomic mass is 10.0. The van der Waals surface area contributed by atoms with Crippen molar-refractivity contribution in [1.29, 1.82) is 0 Å². The van der Waals surface area contributed by atoms with Crippen LogP contribution in [0, 0.1) is 5.82 Å². The van der Waals surface area contributed by atoms with E-state index in [-0.39, 0.29) is 24.3 Å². The highest BCUT2D eigenvalue weighted by molar-refractivity contribution is 5.82. The molecule has 138 valence electrons. The minimum atomic E-state index is -0.449. The molecule has 27 heavy (non-hydrogen) atoms. The monoisotopic (exact) mass is 366 g/mol. The molecule has 1 aliphatic rings. The van der Waals surface area contributed by atoms with Crippen LogP contribution in [0.2, 0.25) is 0 Å². The summed E-state index contributed by atoms with van der Waals surface area (Å²) in [5, 5.41) is 6.82. The smallest absolute Gasteiger partial charge is 0.238 e. The Labute approximate surface area is 155 Å². The predicted octanol–water partition coefficient (Wildman–Crippen LogP) is 2.70. The Bertz CT molecular complexity index is 928. The Morgan fingerprint density at radius 2 is 1.93 bits per heavy atom. The first-order chi connectivity index (χ1) is 13.2. The first-order valence-corrected chi connectivity index (χ1v) is 8.75. The summed E-state index contributed by atoms with van der Waals surface area (Å²) < 4.78 is 19.2. The number of carbonyl (C=O) groups is 1.